The highest BCUT2D eigenvalue weighted by Gasteiger charge is 2.26. The predicted molar refractivity (Wildman–Crippen MR) is 345 cm³/mol. The molecule has 9 aromatic rings. The van der Waals surface area contributed by atoms with Gasteiger partial charge in [0.1, 0.15) is 23.0 Å². The van der Waals surface area contributed by atoms with Crippen LogP contribution in [-0.2, 0) is 62.4 Å². The maximum atomic E-state index is 12.4. The largest absolute Gasteiger partial charge is 0.481 e. The van der Waals surface area contributed by atoms with Crippen LogP contribution in [-0.4, -0.2) is 73.7 Å². The summed E-state index contributed by atoms with van der Waals surface area (Å²) < 4.78 is 49.4. The predicted octanol–water partition coefficient (Wildman–Crippen LogP) is 12.0. The van der Waals surface area contributed by atoms with Crippen LogP contribution in [0.15, 0.2) is 273 Å². The minimum atomic E-state index is -1.49. The Kier molecular flexibility index (Phi) is 29.4. The van der Waals surface area contributed by atoms with Gasteiger partial charge in [0.15, 0.2) is 0 Å². The maximum absolute atomic E-state index is 12.4. The average molecular weight is 1220 g/mol. The van der Waals surface area contributed by atoms with Crippen LogP contribution in [0.25, 0.3) is 0 Å². The Bertz CT molecular complexity index is 2920. The fraction of sp³-hybridized carbons (Fsp3) is 0.159. The van der Waals surface area contributed by atoms with Gasteiger partial charge in [-0.1, -0.05) is 273 Å². The van der Waals surface area contributed by atoms with E-state index in [1.54, 1.807) is 0 Å². The van der Waals surface area contributed by atoms with E-state index in [0.717, 1.165) is 44.5 Å². The van der Waals surface area contributed by atoms with Crippen molar-refractivity contribution in [3.05, 3.63) is 323 Å². The van der Waals surface area contributed by atoms with Gasteiger partial charge in [0, 0.05) is 49.2 Å². The normalized spacial score (nSPS) is 12.4. The number of rotatable bonds is 21. The summed E-state index contributed by atoms with van der Waals surface area (Å²) in [4.78, 5) is 43.8. The molecule has 12 nitrogen and oxygen atoms in total. The minimum Gasteiger partial charge on any atom is -0.481 e. The molecule has 0 heterocycles. The molecule has 1 amide bonds. The van der Waals surface area contributed by atoms with Crippen molar-refractivity contribution in [3.63, 3.8) is 0 Å². The summed E-state index contributed by atoms with van der Waals surface area (Å²) >= 11 is 0. The van der Waals surface area contributed by atoms with E-state index in [1.807, 2.05) is 280 Å². The second kappa shape index (κ2) is 37.0. The van der Waals surface area contributed by atoms with E-state index in [4.69, 9.17) is 21.7 Å². The lowest BCUT2D eigenvalue weighted by Gasteiger charge is -2.17. The number of nitrogens with two attached hydrogens (primary N) is 2. The molecule has 9 rings (SSSR count). The van der Waals surface area contributed by atoms with Gasteiger partial charge in [-0.3, -0.25) is 36.0 Å². The molecule has 0 spiro atoms. The van der Waals surface area contributed by atoms with E-state index in [1.165, 1.54) is 12.5 Å². The number of aliphatic carboxylic acids is 2. The second-order valence-electron chi connectivity index (χ2n) is 19.1. The van der Waals surface area contributed by atoms with Crippen molar-refractivity contribution < 1.29 is 46.2 Å². The number of benzene rings is 9. The third-order valence-corrected chi connectivity index (χ3v) is 19.0. The van der Waals surface area contributed by atoms with Crippen molar-refractivity contribution >= 4 is 66.8 Å². The lowest BCUT2D eigenvalue weighted by Crippen LogP contribution is -2.23. The lowest BCUT2D eigenvalue weighted by molar-refractivity contribution is -0.135. The average Bonchev–Trinajstić information content (AvgIpc) is 3.66. The molecular formula is C69H70N2O10S4. The van der Waals surface area contributed by atoms with Crippen molar-refractivity contribution in [2.75, 3.05) is 23.0 Å². The zero-order chi connectivity index (χ0) is 61.3. The molecule has 0 fully saturated rings. The number of hydrogen-bond acceptors (Lipinski definition) is 9. The molecule has 16 heteroatoms. The van der Waals surface area contributed by atoms with E-state index in [2.05, 4.69) is 0 Å². The minimum absolute atomic E-state index is 0.0461. The van der Waals surface area contributed by atoms with Crippen molar-refractivity contribution in [2.24, 2.45) is 11.5 Å². The van der Waals surface area contributed by atoms with Crippen molar-refractivity contribution in [1.29, 1.82) is 0 Å². The van der Waals surface area contributed by atoms with E-state index in [0.29, 0.717) is 0 Å². The monoisotopic (exact) mass is 1210 g/mol. The van der Waals surface area contributed by atoms with E-state index >= 15 is 0 Å². The molecule has 0 saturated heterocycles. The van der Waals surface area contributed by atoms with Gasteiger partial charge in [-0.25, -0.2) is 0 Å². The highest BCUT2D eigenvalue weighted by Crippen LogP contribution is 2.32. The van der Waals surface area contributed by atoms with Crippen LogP contribution in [0, 0.1) is 0 Å². The highest BCUT2D eigenvalue weighted by molar-refractivity contribution is 7.87. The molecule has 0 radical (unpaired) electrons. The Hall–Kier alpha value is -8.38. The Morgan fingerprint density at radius 3 is 0.624 bits per heavy atom. The first kappa shape index (κ1) is 67.4. The van der Waals surface area contributed by atoms with Crippen LogP contribution in [0.5, 0.6) is 0 Å². The maximum Gasteiger partial charge on any atom is 0.316 e. The SMILES string of the molecule is CC(=O)CS(=O)C(c1ccccc1)c1ccccc1.CC(N)c1ccccc1.NC(=O)CS(=O)C(c1ccccc1)c1ccccc1.O=C(O)CS(=O)C(c1ccccc1)c1ccccc1.O=C(O)CS(=O)C(c1ccccc1)c1ccccc1. The fourth-order valence-corrected chi connectivity index (χ4v) is 14.2. The smallest absolute Gasteiger partial charge is 0.316 e. The van der Waals surface area contributed by atoms with E-state index in [9.17, 15) is 36.0 Å². The number of ketones is 1. The molecule has 0 aliphatic rings. The lowest BCUT2D eigenvalue weighted by atomic mass is 10.0. The van der Waals surface area contributed by atoms with Crippen LogP contribution in [0.1, 0.15) is 91.0 Å². The molecule has 0 aliphatic heterocycles. The molecule has 6 N–H and O–H groups in total. The fourth-order valence-electron chi connectivity index (χ4n) is 8.68. The first-order chi connectivity index (χ1) is 41.0. The molecule has 0 aromatic heterocycles. The van der Waals surface area contributed by atoms with Gasteiger partial charge in [-0.2, -0.15) is 0 Å². The number of carboxylic acid groups (broad SMARTS) is 2. The van der Waals surface area contributed by atoms with Crippen LogP contribution < -0.4 is 11.5 Å². The second-order valence-corrected chi connectivity index (χ2v) is 25.1. The van der Waals surface area contributed by atoms with E-state index < -0.39 is 71.5 Å². The zero-order valence-electron chi connectivity index (χ0n) is 47.1. The number of primary amides is 1. The number of carbonyl (C=O) groups is 4. The first-order valence-corrected chi connectivity index (χ1v) is 32.5. The van der Waals surface area contributed by atoms with Gasteiger partial charge in [-0.05, 0) is 63.9 Å². The Labute approximate surface area is 508 Å². The Morgan fingerprint density at radius 1 is 0.318 bits per heavy atom. The summed E-state index contributed by atoms with van der Waals surface area (Å²) in [5, 5.41) is 16.3. The van der Waals surface area contributed by atoms with Crippen molar-refractivity contribution in [3.8, 4) is 0 Å². The molecule has 5 atom stereocenters. The summed E-state index contributed by atoms with van der Waals surface area (Å²) in [5.74, 6) is -3.43. The summed E-state index contributed by atoms with van der Waals surface area (Å²) in [5.41, 5.74) is 19.2. The van der Waals surface area contributed by atoms with Crippen LogP contribution in [0.3, 0.4) is 0 Å². The summed E-state index contributed by atoms with van der Waals surface area (Å²) in [6, 6.07) is 86.1. The highest BCUT2D eigenvalue weighted by atomic mass is 32.2. The number of amides is 1. The first-order valence-electron chi connectivity index (χ1n) is 26.9. The van der Waals surface area contributed by atoms with Gasteiger partial charge in [0.2, 0.25) is 5.91 Å². The molecule has 5 unspecified atom stereocenters. The number of carboxylic acids is 2. The van der Waals surface area contributed by atoms with Gasteiger partial charge >= 0.3 is 11.9 Å². The molecular weight excluding hydrogens is 1150 g/mol. The van der Waals surface area contributed by atoms with Gasteiger partial charge in [0.05, 0.1) is 26.8 Å². The van der Waals surface area contributed by atoms with Crippen LogP contribution in [0.4, 0.5) is 0 Å². The van der Waals surface area contributed by atoms with Crippen LogP contribution >= 0.6 is 0 Å². The van der Waals surface area contributed by atoms with Crippen molar-refractivity contribution in [2.45, 2.75) is 40.9 Å². The summed E-state index contributed by atoms with van der Waals surface area (Å²) in [6.45, 7) is 3.46. The third-order valence-electron chi connectivity index (χ3n) is 12.4. The summed E-state index contributed by atoms with van der Waals surface area (Å²) in [7, 11) is -5.58. The zero-order valence-corrected chi connectivity index (χ0v) is 50.4. The van der Waals surface area contributed by atoms with Gasteiger partial charge in [0.25, 0.3) is 0 Å². The number of carbonyl (C=O) groups excluding carboxylic acids is 2. The van der Waals surface area contributed by atoms with Gasteiger partial charge < -0.3 is 21.7 Å². The Balaban J connectivity index is 0.000000197. The molecule has 440 valence electrons. The Morgan fingerprint density at radius 2 is 0.482 bits per heavy atom. The topological polar surface area (TPSA) is 229 Å². The molecule has 9 aromatic carbocycles. The number of hydrogen-bond donors (Lipinski definition) is 4. The third kappa shape index (κ3) is 23.7. The number of Topliss-reactive ketones (excluding diaryl/α,β-unsaturated/α-hetero) is 1. The van der Waals surface area contributed by atoms with Gasteiger partial charge in [-0.15, -0.1) is 0 Å². The molecule has 85 heavy (non-hydrogen) atoms. The van der Waals surface area contributed by atoms with E-state index in [-0.39, 0.29) is 45.3 Å². The molecule has 0 bridgehead atoms. The standard InChI is InChI=1S/C16H16O2S.C15H15NO2S.2C15H14O3S.C8H11N/c1-13(17)12-19(18)16(14-8-4-2-5-9-14)15-10-6-3-7-11-15;3*16-14(17)11-19(18)15(12-7-3-1-4-8-12)13-9-5-2-6-10-13;1-7(9)8-5-3-2-4-6-8/h2-11,16H,12H2,1H3;1-10,15H,11H2,(H2,16,17);2*1-10,15H,11H2,(H,16,17);2-7H,9H2,1H3. The van der Waals surface area contributed by atoms with Crippen molar-refractivity contribution in [1.82, 2.24) is 0 Å². The quantitative estimate of drug-likeness (QED) is 0.0529. The molecule has 0 saturated carbocycles. The van der Waals surface area contributed by atoms with Crippen LogP contribution in [0.2, 0.25) is 0 Å². The summed E-state index contributed by atoms with van der Waals surface area (Å²) in [6.07, 6.45) is 0. The molecule has 0 aliphatic carbocycles.